The van der Waals surface area contributed by atoms with Gasteiger partial charge in [0.15, 0.2) is 0 Å². The van der Waals surface area contributed by atoms with Crippen LogP contribution in [-0.4, -0.2) is 34.6 Å². The van der Waals surface area contributed by atoms with Gasteiger partial charge in [-0.1, -0.05) is 38.1 Å². The van der Waals surface area contributed by atoms with Gasteiger partial charge in [-0.2, -0.15) is 0 Å². The summed E-state index contributed by atoms with van der Waals surface area (Å²) in [4.78, 5) is 23.5. The fraction of sp³-hybridized carbons (Fsp3) is 0.417. The second kappa shape index (κ2) is 8.78. The minimum absolute atomic E-state index is 0.0326. The van der Waals surface area contributed by atoms with E-state index in [1.54, 1.807) is 7.11 Å². The molecule has 158 valence electrons. The summed E-state index contributed by atoms with van der Waals surface area (Å²) in [6, 6.07) is 15.8. The summed E-state index contributed by atoms with van der Waals surface area (Å²) in [5, 5.41) is 3.28. The largest absolute Gasteiger partial charge is 0.497 e. The highest BCUT2D eigenvalue weighted by molar-refractivity contribution is 5.77. The van der Waals surface area contributed by atoms with Gasteiger partial charge in [0.25, 0.3) is 0 Å². The van der Waals surface area contributed by atoms with Crippen LogP contribution in [0.15, 0.2) is 48.5 Å². The van der Waals surface area contributed by atoms with Crippen molar-refractivity contribution in [1.29, 1.82) is 0 Å². The van der Waals surface area contributed by atoms with Crippen molar-refractivity contribution in [1.82, 2.24) is 20.2 Å². The molecule has 2 amide bonds. The number of aromatic nitrogens is 2. The van der Waals surface area contributed by atoms with Crippen molar-refractivity contribution in [3.63, 3.8) is 0 Å². The van der Waals surface area contributed by atoms with E-state index < -0.39 is 0 Å². The first-order chi connectivity index (χ1) is 14.6. The first-order valence-electron chi connectivity index (χ1n) is 10.7. The van der Waals surface area contributed by atoms with Crippen LogP contribution >= 0.6 is 0 Å². The van der Waals surface area contributed by atoms with E-state index >= 15 is 0 Å². The van der Waals surface area contributed by atoms with E-state index in [0.717, 1.165) is 54.0 Å². The van der Waals surface area contributed by atoms with E-state index in [9.17, 15) is 4.79 Å². The summed E-state index contributed by atoms with van der Waals surface area (Å²) in [5.41, 5.74) is 3.03. The standard InChI is InChI=1S/C24H30N4O2/c1-16(2)22(17-11-13-18(30-3)14-12-17)27-24(29)28-15-7-6-10-21(28)23-25-19-8-4-5-9-20(19)26-23/h4-5,8-9,11-14,16,21-22H,6-7,10,15H2,1-3H3,(H,25,26)(H,27,29)/t21-,22+/m0/s1. The molecule has 0 spiro atoms. The highest BCUT2D eigenvalue weighted by Gasteiger charge is 2.32. The number of amides is 2. The van der Waals surface area contributed by atoms with Crippen molar-refractivity contribution >= 4 is 17.1 Å². The number of carbonyl (C=O) groups is 1. The lowest BCUT2D eigenvalue weighted by atomic mass is 9.96. The number of carbonyl (C=O) groups excluding carboxylic acids is 1. The predicted octanol–water partition coefficient (Wildman–Crippen LogP) is 5.21. The number of nitrogens with one attached hydrogen (secondary N) is 2. The Hall–Kier alpha value is -3.02. The fourth-order valence-corrected chi connectivity index (χ4v) is 4.25. The van der Waals surface area contributed by atoms with Crippen LogP contribution in [0, 0.1) is 5.92 Å². The molecule has 0 bridgehead atoms. The van der Waals surface area contributed by atoms with Crippen LogP contribution in [0.5, 0.6) is 5.75 Å². The van der Waals surface area contributed by atoms with Crippen LogP contribution in [0.4, 0.5) is 4.79 Å². The number of hydrogen-bond donors (Lipinski definition) is 2. The molecule has 1 saturated heterocycles. The summed E-state index contributed by atoms with van der Waals surface area (Å²) >= 11 is 0. The van der Waals surface area contributed by atoms with Gasteiger partial charge in [-0.15, -0.1) is 0 Å². The van der Waals surface area contributed by atoms with Crippen LogP contribution in [0.25, 0.3) is 11.0 Å². The molecule has 1 aliphatic rings. The van der Waals surface area contributed by atoms with Crippen LogP contribution in [0.2, 0.25) is 0 Å². The fourth-order valence-electron chi connectivity index (χ4n) is 4.25. The lowest BCUT2D eigenvalue weighted by molar-refractivity contribution is 0.142. The zero-order valence-electron chi connectivity index (χ0n) is 17.9. The third kappa shape index (κ3) is 4.13. The number of nitrogens with zero attached hydrogens (tertiary/aromatic N) is 2. The quantitative estimate of drug-likeness (QED) is 0.611. The number of methoxy groups -OCH3 is 1. The van der Waals surface area contributed by atoms with E-state index in [1.165, 1.54) is 0 Å². The van der Waals surface area contributed by atoms with Crippen LogP contribution < -0.4 is 10.1 Å². The van der Waals surface area contributed by atoms with Crippen molar-refractivity contribution in [3.8, 4) is 5.75 Å². The monoisotopic (exact) mass is 406 g/mol. The smallest absolute Gasteiger partial charge is 0.318 e. The number of H-pyrrole nitrogens is 1. The molecule has 0 unspecified atom stereocenters. The van der Waals surface area contributed by atoms with Crippen molar-refractivity contribution in [2.45, 2.75) is 45.2 Å². The summed E-state index contributed by atoms with van der Waals surface area (Å²) < 4.78 is 5.27. The van der Waals surface area contributed by atoms with Crippen LogP contribution in [0.3, 0.4) is 0 Å². The normalized spacial score (nSPS) is 17.9. The van der Waals surface area contributed by atoms with Gasteiger partial charge < -0.3 is 19.9 Å². The molecule has 2 heterocycles. The number of para-hydroxylation sites is 2. The number of imidazole rings is 1. The zero-order valence-corrected chi connectivity index (χ0v) is 17.9. The van der Waals surface area contributed by atoms with E-state index in [-0.39, 0.29) is 24.0 Å². The molecule has 1 fully saturated rings. The zero-order chi connectivity index (χ0) is 21.1. The van der Waals surface area contributed by atoms with Gasteiger partial charge in [0, 0.05) is 6.54 Å². The number of likely N-dealkylation sites (tertiary alicyclic amines) is 1. The highest BCUT2D eigenvalue weighted by atomic mass is 16.5. The van der Waals surface area contributed by atoms with Gasteiger partial charge in [-0.05, 0) is 55.0 Å². The molecule has 0 radical (unpaired) electrons. The maximum absolute atomic E-state index is 13.4. The van der Waals surface area contributed by atoms with E-state index in [0.29, 0.717) is 0 Å². The average Bonchev–Trinajstić information content (AvgIpc) is 3.21. The van der Waals surface area contributed by atoms with Crippen molar-refractivity contribution in [3.05, 3.63) is 59.9 Å². The van der Waals surface area contributed by atoms with Crippen molar-refractivity contribution in [2.75, 3.05) is 13.7 Å². The molecule has 1 aliphatic heterocycles. The first kappa shape index (κ1) is 20.3. The number of hydrogen-bond acceptors (Lipinski definition) is 3. The summed E-state index contributed by atoms with van der Waals surface area (Å²) in [6.45, 7) is 4.99. The van der Waals surface area contributed by atoms with Crippen molar-refractivity contribution in [2.24, 2.45) is 5.92 Å². The van der Waals surface area contributed by atoms with Gasteiger partial charge in [0.2, 0.25) is 0 Å². The number of piperidine rings is 1. The lowest BCUT2D eigenvalue weighted by Crippen LogP contribution is -2.46. The Kier molecular flexibility index (Phi) is 5.93. The number of aromatic amines is 1. The lowest BCUT2D eigenvalue weighted by Gasteiger charge is -2.36. The van der Waals surface area contributed by atoms with Crippen LogP contribution in [-0.2, 0) is 0 Å². The van der Waals surface area contributed by atoms with Crippen molar-refractivity contribution < 1.29 is 9.53 Å². The Labute approximate surface area is 177 Å². The Bertz CT molecular complexity index is 963. The number of benzene rings is 2. The molecule has 2 atom stereocenters. The molecule has 2 N–H and O–H groups in total. The molecule has 3 aromatic rings. The van der Waals surface area contributed by atoms with E-state index in [4.69, 9.17) is 9.72 Å². The first-order valence-corrected chi connectivity index (χ1v) is 10.7. The Morgan fingerprint density at radius 2 is 1.93 bits per heavy atom. The second-order valence-corrected chi connectivity index (χ2v) is 8.29. The molecule has 0 aliphatic carbocycles. The molecule has 6 heteroatoms. The SMILES string of the molecule is COc1ccc([C@H](NC(=O)N2CCCC[C@H]2c2nc3ccccc3[nH]2)C(C)C)cc1. The third-order valence-electron chi connectivity index (χ3n) is 5.91. The molecular weight excluding hydrogens is 376 g/mol. The topological polar surface area (TPSA) is 70.2 Å². The Morgan fingerprint density at radius 1 is 1.17 bits per heavy atom. The molecule has 0 saturated carbocycles. The number of rotatable bonds is 5. The third-order valence-corrected chi connectivity index (χ3v) is 5.91. The summed E-state index contributed by atoms with van der Waals surface area (Å²) in [6.07, 6.45) is 3.03. The minimum atomic E-state index is -0.0679. The Morgan fingerprint density at radius 3 is 2.63 bits per heavy atom. The Balaban J connectivity index is 1.55. The molecule has 6 nitrogen and oxygen atoms in total. The summed E-state index contributed by atoms with van der Waals surface area (Å²) in [7, 11) is 1.66. The minimum Gasteiger partial charge on any atom is -0.497 e. The molecule has 30 heavy (non-hydrogen) atoms. The maximum Gasteiger partial charge on any atom is 0.318 e. The number of urea groups is 1. The van der Waals surface area contributed by atoms with Gasteiger partial charge in [0.1, 0.15) is 11.6 Å². The van der Waals surface area contributed by atoms with Crippen LogP contribution in [0.1, 0.15) is 56.6 Å². The predicted molar refractivity (Wildman–Crippen MR) is 118 cm³/mol. The highest BCUT2D eigenvalue weighted by Crippen LogP contribution is 2.32. The maximum atomic E-state index is 13.4. The van der Waals surface area contributed by atoms with Gasteiger partial charge in [-0.3, -0.25) is 0 Å². The van der Waals surface area contributed by atoms with E-state index in [2.05, 4.69) is 24.1 Å². The second-order valence-electron chi connectivity index (χ2n) is 8.29. The molecule has 1 aromatic heterocycles. The molecule has 4 rings (SSSR count). The van der Waals surface area contributed by atoms with Gasteiger partial charge in [0.05, 0.1) is 30.2 Å². The molecule has 2 aromatic carbocycles. The average molecular weight is 407 g/mol. The van der Waals surface area contributed by atoms with Gasteiger partial charge >= 0.3 is 6.03 Å². The number of fused-ring (bicyclic) bond motifs is 1. The van der Waals surface area contributed by atoms with Gasteiger partial charge in [-0.25, -0.2) is 9.78 Å². The number of ether oxygens (including phenoxy) is 1. The van der Waals surface area contributed by atoms with E-state index in [1.807, 2.05) is 53.4 Å². The molecular formula is C24H30N4O2. The summed E-state index contributed by atoms with van der Waals surface area (Å²) in [5.74, 6) is 1.95.